The lowest BCUT2D eigenvalue weighted by molar-refractivity contribution is -0.143. The molecule has 2 rings (SSSR count). The maximum Gasteiger partial charge on any atom is 0.326 e. The van der Waals surface area contributed by atoms with Gasteiger partial charge in [-0.3, -0.25) is 9.59 Å². The molecule has 0 radical (unpaired) electrons. The number of aliphatic carboxylic acids is 1. The number of carboxylic acid groups (broad SMARTS) is 1. The van der Waals surface area contributed by atoms with Crippen LogP contribution in [0.25, 0.3) is 0 Å². The first-order valence-corrected chi connectivity index (χ1v) is 8.48. The van der Waals surface area contributed by atoms with Gasteiger partial charge in [0, 0.05) is 32.5 Å². The number of rotatable bonds is 7. The van der Waals surface area contributed by atoms with Crippen molar-refractivity contribution < 1.29 is 29.3 Å². The Morgan fingerprint density at radius 2 is 1.85 bits per heavy atom. The van der Waals surface area contributed by atoms with Crippen LogP contribution in [0.5, 0.6) is 5.75 Å². The lowest BCUT2D eigenvalue weighted by atomic mass is 9.95. The Labute approximate surface area is 151 Å². The van der Waals surface area contributed by atoms with Crippen LogP contribution in [0.15, 0.2) is 24.3 Å². The monoisotopic (exact) mass is 364 g/mol. The number of amides is 2. The summed E-state index contributed by atoms with van der Waals surface area (Å²) in [6.45, 7) is 0.927. The molecule has 1 saturated heterocycles. The molecule has 8 heteroatoms. The van der Waals surface area contributed by atoms with Gasteiger partial charge in [0.25, 0.3) is 0 Å². The highest BCUT2D eigenvalue weighted by Crippen LogP contribution is 2.18. The second-order valence-electron chi connectivity index (χ2n) is 6.36. The molecule has 0 aliphatic carbocycles. The number of carbonyl (C=O) groups excluding carboxylic acids is 2. The molecule has 2 amide bonds. The fourth-order valence-electron chi connectivity index (χ4n) is 2.96. The molecular weight excluding hydrogens is 340 g/mol. The minimum absolute atomic E-state index is 0.0184. The zero-order valence-corrected chi connectivity index (χ0v) is 14.7. The molecule has 142 valence electrons. The van der Waals surface area contributed by atoms with E-state index < -0.39 is 12.0 Å². The van der Waals surface area contributed by atoms with Crippen LogP contribution in [0.3, 0.4) is 0 Å². The van der Waals surface area contributed by atoms with E-state index in [1.54, 1.807) is 17.0 Å². The average Bonchev–Trinajstić information content (AvgIpc) is 2.63. The van der Waals surface area contributed by atoms with Gasteiger partial charge in [-0.15, -0.1) is 0 Å². The number of phenols is 1. The van der Waals surface area contributed by atoms with Gasteiger partial charge in [-0.2, -0.15) is 0 Å². The van der Waals surface area contributed by atoms with Gasteiger partial charge >= 0.3 is 5.97 Å². The Bertz CT molecular complexity index is 638. The van der Waals surface area contributed by atoms with Crippen molar-refractivity contribution in [2.75, 3.05) is 26.8 Å². The second-order valence-corrected chi connectivity index (χ2v) is 6.36. The Morgan fingerprint density at radius 3 is 2.38 bits per heavy atom. The summed E-state index contributed by atoms with van der Waals surface area (Å²) in [5.41, 5.74) is 0.704. The van der Waals surface area contributed by atoms with E-state index in [1.807, 2.05) is 0 Å². The first kappa shape index (κ1) is 19.7. The first-order chi connectivity index (χ1) is 12.4. The number of carbonyl (C=O) groups is 3. The van der Waals surface area contributed by atoms with E-state index in [-0.39, 0.29) is 36.5 Å². The molecule has 1 aliphatic heterocycles. The lowest BCUT2D eigenvalue weighted by Gasteiger charge is -2.31. The minimum atomic E-state index is -1.11. The Kier molecular flexibility index (Phi) is 6.97. The fourth-order valence-corrected chi connectivity index (χ4v) is 2.96. The number of likely N-dealkylation sites (tertiary alicyclic amines) is 1. The summed E-state index contributed by atoms with van der Waals surface area (Å²) in [4.78, 5) is 37.3. The molecule has 26 heavy (non-hydrogen) atoms. The quantitative estimate of drug-likeness (QED) is 0.644. The Morgan fingerprint density at radius 1 is 1.23 bits per heavy atom. The van der Waals surface area contributed by atoms with Gasteiger partial charge in [-0.05, 0) is 30.5 Å². The van der Waals surface area contributed by atoms with E-state index >= 15 is 0 Å². The smallest absolute Gasteiger partial charge is 0.326 e. The van der Waals surface area contributed by atoms with Crippen molar-refractivity contribution in [2.45, 2.75) is 25.3 Å². The number of methoxy groups -OCH3 is 1. The summed E-state index contributed by atoms with van der Waals surface area (Å²) in [6.07, 6.45) is 1.12. The number of carboxylic acids is 1. The molecule has 8 nitrogen and oxygen atoms in total. The van der Waals surface area contributed by atoms with Gasteiger partial charge in [-0.25, -0.2) is 4.79 Å². The number of aromatic hydroxyl groups is 1. The van der Waals surface area contributed by atoms with E-state index in [1.165, 1.54) is 19.2 Å². The Balaban J connectivity index is 1.89. The minimum Gasteiger partial charge on any atom is -0.508 e. The molecule has 3 N–H and O–H groups in total. The summed E-state index contributed by atoms with van der Waals surface area (Å²) in [7, 11) is 1.46. The molecule has 0 saturated carbocycles. The highest BCUT2D eigenvalue weighted by Gasteiger charge is 2.30. The number of phenolic OH excluding ortho intramolecular Hbond substituents is 1. The van der Waals surface area contributed by atoms with Gasteiger partial charge in [0.1, 0.15) is 18.4 Å². The van der Waals surface area contributed by atoms with Crippen molar-refractivity contribution in [1.29, 1.82) is 0 Å². The molecule has 1 aliphatic rings. The van der Waals surface area contributed by atoms with Gasteiger partial charge in [-0.1, -0.05) is 12.1 Å². The number of nitrogens with zero attached hydrogens (tertiary/aromatic N) is 1. The van der Waals surface area contributed by atoms with Crippen LogP contribution in [0, 0.1) is 5.92 Å². The number of benzene rings is 1. The predicted molar refractivity (Wildman–Crippen MR) is 92.6 cm³/mol. The van der Waals surface area contributed by atoms with Gasteiger partial charge in [0.05, 0.1) is 0 Å². The SMILES string of the molecule is COCC(=O)N1CCC(C(=O)N[C@@H](Cc2ccc(O)cc2)C(=O)O)CC1. The van der Waals surface area contributed by atoms with Crippen LogP contribution in [-0.4, -0.2) is 65.7 Å². The highest BCUT2D eigenvalue weighted by molar-refractivity contribution is 5.85. The third-order valence-corrected chi connectivity index (χ3v) is 4.48. The maximum absolute atomic E-state index is 12.4. The zero-order chi connectivity index (χ0) is 19.1. The number of nitrogens with one attached hydrogen (secondary N) is 1. The van der Waals surface area contributed by atoms with Crippen molar-refractivity contribution in [2.24, 2.45) is 5.92 Å². The number of piperidine rings is 1. The molecule has 1 aromatic rings. The van der Waals surface area contributed by atoms with Crippen molar-refractivity contribution in [3.8, 4) is 5.75 Å². The van der Waals surface area contributed by atoms with Crippen molar-refractivity contribution in [1.82, 2.24) is 10.2 Å². The van der Waals surface area contributed by atoms with E-state index in [4.69, 9.17) is 4.74 Å². The molecule has 1 atom stereocenters. The Hall–Kier alpha value is -2.61. The van der Waals surface area contributed by atoms with Crippen LogP contribution in [0.2, 0.25) is 0 Å². The van der Waals surface area contributed by atoms with Crippen LogP contribution in [0.4, 0.5) is 0 Å². The molecule has 1 heterocycles. The van der Waals surface area contributed by atoms with Crippen molar-refractivity contribution in [3.05, 3.63) is 29.8 Å². The van der Waals surface area contributed by atoms with Gasteiger partial charge < -0.3 is 25.2 Å². The number of ether oxygens (including phenoxy) is 1. The third kappa shape index (κ3) is 5.45. The maximum atomic E-state index is 12.4. The molecule has 1 aromatic carbocycles. The summed E-state index contributed by atoms with van der Waals surface area (Å²) in [6, 6.07) is 5.15. The highest BCUT2D eigenvalue weighted by atomic mass is 16.5. The summed E-state index contributed by atoms with van der Waals surface area (Å²) in [5.74, 6) is -1.75. The molecular formula is C18H24N2O6. The first-order valence-electron chi connectivity index (χ1n) is 8.48. The standard InChI is InChI=1S/C18H24N2O6/c1-26-11-16(22)20-8-6-13(7-9-20)17(23)19-15(18(24)25)10-12-2-4-14(21)5-3-12/h2-5,13,15,21H,6-11H2,1H3,(H,19,23)(H,24,25)/t15-/m0/s1. The van der Waals surface area contributed by atoms with Crippen LogP contribution >= 0.6 is 0 Å². The molecule has 0 aromatic heterocycles. The normalized spacial score (nSPS) is 16.1. The van der Waals surface area contributed by atoms with Crippen LogP contribution in [-0.2, 0) is 25.5 Å². The molecule has 1 fully saturated rings. The van der Waals surface area contributed by atoms with Crippen molar-refractivity contribution >= 4 is 17.8 Å². The third-order valence-electron chi connectivity index (χ3n) is 4.48. The number of hydrogen-bond donors (Lipinski definition) is 3. The largest absolute Gasteiger partial charge is 0.508 e. The molecule has 0 bridgehead atoms. The summed E-state index contributed by atoms with van der Waals surface area (Å²) >= 11 is 0. The predicted octanol–water partition coefficient (Wildman–Crippen LogP) is 0.389. The molecule has 0 spiro atoms. The lowest BCUT2D eigenvalue weighted by Crippen LogP contribution is -2.48. The van der Waals surface area contributed by atoms with Crippen LogP contribution < -0.4 is 5.32 Å². The zero-order valence-electron chi connectivity index (χ0n) is 14.7. The van der Waals surface area contributed by atoms with Gasteiger partial charge in [0.2, 0.25) is 11.8 Å². The number of hydrogen-bond acceptors (Lipinski definition) is 5. The average molecular weight is 364 g/mol. The topological polar surface area (TPSA) is 116 Å². The molecule has 0 unspecified atom stereocenters. The van der Waals surface area contributed by atoms with E-state index in [9.17, 15) is 24.6 Å². The van der Waals surface area contributed by atoms with E-state index in [2.05, 4.69) is 5.32 Å². The summed E-state index contributed by atoms with van der Waals surface area (Å²) in [5, 5.41) is 21.3. The second kappa shape index (κ2) is 9.19. The summed E-state index contributed by atoms with van der Waals surface area (Å²) < 4.78 is 4.82. The van der Waals surface area contributed by atoms with Crippen LogP contribution in [0.1, 0.15) is 18.4 Å². The van der Waals surface area contributed by atoms with Crippen molar-refractivity contribution in [3.63, 3.8) is 0 Å². The van der Waals surface area contributed by atoms with E-state index in [0.717, 1.165) is 0 Å². The van der Waals surface area contributed by atoms with Gasteiger partial charge in [0.15, 0.2) is 0 Å². The van der Waals surface area contributed by atoms with E-state index in [0.29, 0.717) is 31.5 Å². The fraction of sp³-hybridized carbons (Fsp3) is 0.500.